The van der Waals surface area contributed by atoms with Crippen molar-refractivity contribution in [3.63, 3.8) is 0 Å². The second-order valence-corrected chi connectivity index (χ2v) is 7.38. The average Bonchev–Trinajstić information content (AvgIpc) is 3.35. The van der Waals surface area contributed by atoms with Crippen LogP contribution in [0, 0.1) is 11.6 Å². The van der Waals surface area contributed by atoms with Crippen molar-refractivity contribution in [3.05, 3.63) is 77.6 Å². The summed E-state index contributed by atoms with van der Waals surface area (Å²) in [7, 11) is 0. The predicted molar refractivity (Wildman–Crippen MR) is 113 cm³/mol. The first-order valence-electron chi connectivity index (χ1n) is 10.0. The SMILES string of the molecule is NC(=CC(=NCc1ccccc1F)c1ccon1)c1ncc(F)c(NCC(O)(C(F)(F)F)C(F)(F)F)n1. The lowest BCUT2D eigenvalue weighted by molar-refractivity contribution is -0.362. The number of halogens is 8. The third-order valence-corrected chi connectivity index (χ3v) is 4.82. The highest BCUT2D eigenvalue weighted by atomic mass is 19.4. The van der Waals surface area contributed by atoms with Crippen molar-refractivity contribution in [2.45, 2.75) is 24.5 Å². The summed E-state index contributed by atoms with van der Waals surface area (Å²) >= 11 is 0. The second kappa shape index (κ2) is 10.5. The molecule has 0 aliphatic rings. The molecule has 3 aromatic rings. The summed E-state index contributed by atoms with van der Waals surface area (Å²) in [6.45, 7) is -2.38. The van der Waals surface area contributed by atoms with Gasteiger partial charge in [-0.15, -0.1) is 0 Å². The van der Waals surface area contributed by atoms with Crippen molar-refractivity contribution in [2.24, 2.45) is 10.7 Å². The fourth-order valence-corrected chi connectivity index (χ4v) is 2.76. The number of nitrogens with two attached hydrogens (primary N) is 1. The first-order valence-corrected chi connectivity index (χ1v) is 10.0. The number of allylic oxidation sites excluding steroid dienone is 1. The van der Waals surface area contributed by atoms with Gasteiger partial charge in [-0.3, -0.25) is 4.99 Å². The van der Waals surface area contributed by atoms with E-state index in [4.69, 9.17) is 10.3 Å². The Labute approximate surface area is 202 Å². The topological polar surface area (TPSA) is 122 Å². The monoisotopic (exact) mass is 536 g/mol. The number of alkyl halides is 6. The Kier molecular flexibility index (Phi) is 7.80. The molecule has 0 saturated heterocycles. The zero-order chi connectivity index (χ0) is 27.4. The van der Waals surface area contributed by atoms with Crippen LogP contribution in [0.25, 0.3) is 5.70 Å². The van der Waals surface area contributed by atoms with E-state index in [1.165, 1.54) is 35.8 Å². The molecule has 37 heavy (non-hydrogen) atoms. The van der Waals surface area contributed by atoms with E-state index in [1.54, 1.807) is 6.07 Å². The van der Waals surface area contributed by atoms with E-state index in [-0.39, 0.29) is 29.2 Å². The Morgan fingerprint density at radius 2 is 1.73 bits per heavy atom. The van der Waals surface area contributed by atoms with Crippen LogP contribution in [0.15, 0.2) is 58.4 Å². The van der Waals surface area contributed by atoms with E-state index in [0.29, 0.717) is 6.20 Å². The number of aromatic nitrogens is 3. The van der Waals surface area contributed by atoms with Crippen LogP contribution in [0.4, 0.5) is 40.9 Å². The summed E-state index contributed by atoms with van der Waals surface area (Å²) in [5.41, 5.74) is 0.696. The second-order valence-electron chi connectivity index (χ2n) is 7.38. The molecular formula is C21H16F8N6O2. The minimum absolute atomic E-state index is 0.0143. The number of rotatable bonds is 8. The summed E-state index contributed by atoms with van der Waals surface area (Å²) in [5, 5.41) is 14.4. The fourth-order valence-electron chi connectivity index (χ4n) is 2.76. The van der Waals surface area contributed by atoms with Crippen LogP contribution in [0.1, 0.15) is 17.1 Å². The zero-order valence-electron chi connectivity index (χ0n) is 18.3. The maximum Gasteiger partial charge on any atom is 0.428 e. The molecule has 16 heteroatoms. The van der Waals surface area contributed by atoms with Gasteiger partial charge in [0.05, 0.1) is 30.7 Å². The van der Waals surface area contributed by atoms with Crippen LogP contribution in [0.5, 0.6) is 0 Å². The van der Waals surface area contributed by atoms with Crippen LogP contribution in [-0.2, 0) is 6.54 Å². The number of aliphatic hydroxyl groups is 1. The standard InChI is InChI=1S/C21H16F8N6O2/c22-12-4-2-1-3-11(12)8-31-16(15-5-6-37-35-15)7-14(30)18-32-9-13(23)17(34-18)33-10-19(36,20(24,25)26)21(27,28)29/h1-7,9,36H,8,10,30H2,(H,32,33,34). The molecule has 8 nitrogen and oxygen atoms in total. The third kappa shape index (κ3) is 6.19. The lowest BCUT2D eigenvalue weighted by Crippen LogP contribution is -2.61. The molecule has 3 rings (SSSR count). The molecule has 4 N–H and O–H groups in total. The molecule has 198 valence electrons. The molecule has 0 fully saturated rings. The molecule has 0 amide bonds. The normalized spacial score (nSPS) is 13.6. The minimum Gasteiger partial charge on any atom is -0.396 e. The van der Waals surface area contributed by atoms with E-state index in [2.05, 4.69) is 20.1 Å². The number of nitrogens with zero attached hydrogens (tertiary/aromatic N) is 4. The van der Waals surface area contributed by atoms with Gasteiger partial charge in [-0.05, 0) is 12.1 Å². The van der Waals surface area contributed by atoms with Crippen LogP contribution in [0.3, 0.4) is 0 Å². The zero-order valence-corrected chi connectivity index (χ0v) is 18.3. The van der Waals surface area contributed by atoms with Crippen molar-refractivity contribution >= 4 is 17.2 Å². The number of nitrogens with one attached hydrogen (secondary N) is 1. The van der Waals surface area contributed by atoms with Crippen molar-refractivity contribution in [1.29, 1.82) is 0 Å². The molecule has 0 aliphatic carbocycles. The van der Waals surface area contributed by atoms with Gasteiger partial charge in [0.2, 0.25) is 0 Å². The van der Waals surface area contributed by atoms with Crippen molar-refractivity contribution < 1.29 is 44.8 Å². The Bertz CT molecular complexity index is 1270. The molecule has 2 aromatic heterocycles. The molecule has 0 unspecified atom stereocenters. The van der Waals surface area contributed by atoms with Gasteiger partial charge in [0.15, 0.2) is 17.5 Å². The summed E-state index contributed by atoms with van der Waals surface area (Å²) in [5.74, 6) is -3.58. The van der Waals surface area contributed by atoms with Gasteiger partial charge in [-0.25, -0.2) is 18.7 Å². The average molecular weight is 536 g/mol. The number of hydrogen-bond acceptors (Lipinski definition) is 8. The lowest BCUT2D eigenvalue weighted by atomic mass is 10.0. The van der Waals surface area contributed by atoms with Gasteiger partial charge in [0, 0.05) is 11.6 Å². The van der Waals surface area contributed by atoms with Gasteiger partial charge >= 0.3 is 12.4 Å². The van der Waals surface area contributed by atoms with E-state index in [9.17, 15) is 40.2 Å². The summed E-state index contributed by atoms with van der Waals surface area (Å²) in [6, 6.07) is 7.10. The van der Waals surface area contributed by atoms with Gasteiger partial charge in [-0.2, -0.15) is 26.3 Å². The summed E-state index contributed by atoms with van der Waals surface area (Å²) in [4.78, 5) is 11.3. The van der Waals surface area contributed by atoms with Gasteiger partial charge < -0.3 is 20.7 Å². The Morgan fingerprint density at radius 3 is 2.32 bits per heavy atom. The van der Waals surface area contributed by atoms with Crippen LogP contribution < -0.4 is 11.1 Å². The molecule has 2 heterocycles. The van der Waals surface area contributed by atoms with Crippen molar-refractivity contribution in [3.8, 4) is 0 Å². The molecule has 0 saturated carbocycles. The quantitative estimate of drug-likeness (QED) is 0.294. The van der Waals surface area contributed by atoms with E-state index >= 15 is 0 Å². The largest absolute Gasteiger partial charge is 0.428 e. The summed E-state index contributed by atoms with van der Waals surface area (Å²) in [6.07, 6.45) is -9.53. The van der Waals surface area contributed by atoms with Crippen LogP contribution in [-0.4, -0.2) is 50.4 Å². The molecule has 1 aromatic carbocycles. The number of anilines is 1. The number of benzene rings is 1. The Morgan fingerprint density at radius 1 is 1.05 bits per heavy atom. The number of hydrogen-bond donors (Lipinski definition) is 3. The predicted octanol–water partition coefficient (Wildman–Crippen LogP) is 4.00. The smallest absolute Gasteiger partial charge is 0.396 e. The van der Waals surface area contributed by atoms with Crippen molar-refractivity contribution in [1.82, 2.24) is 15.1 Å². The third-order valence-electron chi connectivity index (χ3n) is 4.82. The molecule has 0 radical (unpaired) electrons. The van der Waals surface area contributed by atoms with Gasteiger partial charge in [0.25, 0.3) is 5.60 Å². The molecule has 0 atom stereocenters. The first-order chi connectivity index (χ1) is 17.2. The molecular weight excluding hydrogens is 520 g/mol. The Balaban J connectivity index is 1.91. The van der Waals surface area contributed by atoms with E-state index in [0.717, 1.165) is 6.08 Å². The number of aliphatic imine (C=N–C) groups is 1. The maximum absolute atomic E-state index is 14.1. The van der Waals surface area contributed by atoms with Gasteiger partial charge in [-0.1, -0.05) is 23.4 Å². The Hall–Kier alpha value is -4.08. The minimum atomic E-state index is -6.13. The van der Waals surface area contributed by atoms with Crippen molar-refractivity contribution in [2.75, 3.05) is 11.9 Å². The molecule has 0 aliphatic heterocycles. The van der Waals surface area contributed by atoms with Crippen LogP contribution >= 0.6 is 0 Å². The highest BCUT2D eigenvalue weighted by Gasteiger charge is 2.70. The first kappa shape index (κ1) is 27.5. The fraction of sp³-hybridized carbons (Fsp3) is 0.238. The highest BCUT2D eigenvalue weighted by molar-refractivity contribution is 6.10. The summed E-state index contributed by atoms with van der Waals surface area (Å²) < 4.78 is 110. The van der Waals surface area contributed by atoms with Gasteiger partial charge in [0.1, 0.15) is 17.8 Å². The molecule has 0 bridgehead atoms. The van der Waals surface area contributed by atoms with E-state index in [1.807, 2.05) is 0 Å². The van der Waals surface area contributed by atoms with E-state index < -0.39 is 47.8 Å². The van der Waals surface area contributed by atoms with Crippen LogP contribution in [0.2, 0.25) is 0 Å². The maximum atomic E-state index is 14.1. The highest BCUT2D eigenvalue weighted by Crippen LogP contribution is 2.43. The molecule has 0 spiro atoms. The lowest BCUT2D eigenvalue weighted by Gasteiger charge is -2.32.